The Balaban J connectivity index is 2.03. The minimum Gasteiger partial charge on any atom is -0.384 e. The van der Waals surface area contributed by atoms with Crippen molar-refractivity contribution in [2.75, 3.05) is 6.61 Å². The number of hydrogen-bond donors (Lipinski definition) is 2. The van der Waals surface area contributed by atoms with Crippen molar-refractivity contribution in [3.63, 3.8) is 0 Å². The molecule has 2 rings (SSSR count). The molecule has 3 nitrogen and oxygen atoms in total. The monoisotopic (exact) mass is 299 g/mol. The molecule has 1 heterocycles. The maximum absolute atomic E-state index is 12.2. The molecule has 1 unspecified atom stereocenters. The first-order valence-electron chi connectivity index (χ1n) is 6.66. The third kappa shape index (κ3) is 4.19. The van der Waals surface area contributed by atoms with Gasteiger partial charge in [-0.1, -0.05) is 41.7 Å². The van der Waals surface area contributed by atoms with E-state index in [1.54, 1.807) is 11.4 Å². The standard InChI is InChI=1S/C17H17NO2S/c1-12-5-7-14(8-6-12)13(2)18-17(20)15-10-16(21-11-15)4-3-9-19/h5-8,10-11,13,19H,9H2,1-2H3,(H,18,20). The summed E-state index contributed by atoms with van der Waals surface area (Å²) < 4.78 is 0. The Morgan fingerprint density at radius 1 is 1.38 bits per heavy atom. The first-order chi connectivity index (χ1) is 10.1. The van der Waals surface area contributed by atoms with E-state index >= 15 is 0 Å². The van der Waals surface area contributed by atoms with E-state index in [0.29, 0.717) is 5.56 Å². The van der Waals surface area contributed by atoms with Crippen LogP contribution in [0.2, 0.25) is 0 Å². The molecule has 21 heavy (non-hydrogen) atoms. The lowest BCUT2D eigenvalue weighted by atomic mass is 10.1. The second kappa shape index (κ2) is 7.07. The lowest BCUT2D eigenvalue weighted by Gasteiger charge is -2.14. The molecule has 1 amide bonds. The molecule has 0 saturated carbocycles. The first-order valence-corrected chi connectivity index (χ1v) is 7.54. The lowest BCUT2D eigenvalue weighted by Crippen LogP contribution is -2.26. The fourth-order valence-corrected chi connectivity index (χ4v) is 2.62. The maximum Gasteiger partial charge on any atom is 0.252 e. The van der Waals surface area contributed by atoms with E-state index in [9.17, 15) is 4.79 Å². The van der Waals surface area contributed by atoms with Crippen LogP contribution in [0.4, 0.5) is 0 Å². The number of benzene rings is 1. The normalized spacial score (nSPS) is 11.4. The number of aryl methyl sites for hydroxylation is 1. The van der Waals surface area contributed by atoms with Crippen molar-refractivity contribution in [3.05, 3.63) is 57.3 Å². The van der Waals surface area contributed by atoms with Gasteiger partial charge in [-0.2, -0.15) is 0 Å². The van der Waals surface area contributed by atoms with Crippen LogP contribution in [0.3, 0.4) is 0 Å². The van der Waals surface area contributed by atoms with E-state index in [1.807, 2.05) is 38.1 Å². The Hall–Kier alpha value is -2.09. The number of aliphatic hydroxyl groups excluding tert-OH is 1. The van der Waals surface area contributed by atoms with E-state index in [-0.39, 0.29) is 18.6 Å². The van der Waals surface area contributed by atoms with Gasteiger partial charge in [-0.15, -0.1) is 11.3 Å². The molecule has 1 aromatic carbocycles. The van der Waals surface area contributed by atoms with Crippen molar-refractivity contribution in [2.24, 2.45) is 0 Å². The molecule has 0 aliphatic carbocycles. The van der Waals surface area contributed by atoms with Gasteiger partial charge in [-0.25, -0.2) is 0 Å². The minimum absolute atomic E-state index is 0.0509. The summed E-state index contributed by atoms with van der Waals surface area (Å²) in [5.41, 5.74) is 2.87. The van der Waals surface area contributed by atoms with Crippen LogP contribution in [0.5, 0.6) is 0 Å². The minimum atomic E-state index is -0.177. The number of carbonyl (C=O) groups is 1. The van der Waals surface area contributed by atoms with Crippen LogP contribution < -0.4 is 5.32 Å². The van der Waals surface area contributed by atoms with Crippen molar-refractivity contribution >= 4 is 17.2 Å². The largest absolute Gasteiger partial charge is 0.384 e. The number of thiophene rings is 1. The number of nitrogens with one attached hydrogen (secondary N) is 1. The van der Waals surface area contributed by atoms with Gasteiger partial charge in [0.05, 0.1) is 16.5 Å². The summed E-state index contributed by atoms with van der Waals surface area (Å²) in [6.07, 6.45) is 0. The fourth-order valence-electron chi connectivity index (χ4n) is 1.87. The van der Waals surface area contributed by atoms with Gasteiger partial charge in [-0.05, 0) is 25.5 Å². The van der Waals surface area contributed by atoms with Crippen LogP contribution in [0.15, 0.2) is 35.7 Å². The smallest absolute Gasteiger partial charge is 0.252 e. The molecule has 1 aromatic heterocycles. The average molecular weight is 299 g/mol. The summed E-state index contributed by atoms with van der Waals surface area (Å²) in [6.45, 7) is 3.82. The van der Waals surface area contributed by atoms with Gasteiger partial charge in [0.15, 0.2) is 0 Å². The van der Waals surface area contributed by atoms with E-state index in [1.165, 1.54) is 16.9 Å². The SMILES string of the molecule is Cc1ccc(C(C)NC(=O)c2csc(C#CCO)c2)cc1. The molecule has 0 aliphatic heterocycles. The fraction of sp³-hybridized carbons (Fsp3) is 0.235. The van der Waals surface area contributed by atoms with Gasteiger partial charge in [0.1, 0.15) is 6.61 Å². The third-order valence-electron chi connectivity index (χ3n) is 3.08. The van der Waals surface area contributed by atoms with Crippen LogP contribution in [0, 0.1) is 18.8 Å². The Kier molecular flexibility index (Phi) is 5.15. The molecular weight excluding hydrogens is 282 g/mol. The zero-order valence-corrected chi connectivity index (χ0v) is 12.8. The third-order valence-corrected chi connectivity index (χ3v) is 3.92. The van der Waals surface area contributed by atoms with Crippen molar-refractivity contribution in [2.45, 2.75) is 19.9 Å². The Labute approximate surface area is 128 Å². The number of aliphatic hydroxyl groups is 1. The highest BCUT2D eigenvalue weighted by molar-refractivity contribution is 7.10. The molecular formula is C17H17NO2S. The Morgan fingerprint density at radius 2 is 2.10 bits per heavy atom. The van der Waals surface area contributed by atoms with Crippen LogP contribution in [0.1, 0.15) is 39.3 Å². The Bertz CT molecular complexity index is 677. The van der Waals surface area contributed by atoms with E-state index in [4.69, 9.17) is 5.11 Å². The molecule has 108 valence electrons. The van der Waals surface area contributed by atoms with E-state index in [2.05, 4.69) is 17.2 Å². The molecule has 4 heteroatoms. The highest BCUT2D eigenvalue weighted by Crippen LogP contribution is 2.17. The van der Waals surface area contributed by atoms with E-state index < -0.39 is 0 Å². The van der Waals surface area contributed by atoms with Crippen molar-refractivity contribution in [3.8, 4) is 11.8 Å². The summed E-state index contributed by atoms with van der Waals surface area (Å²) in [4.78, 5) is 13.0. The summed E-state index contributed by atoms with van der Waals surface area (Å²) in [7, 11) is 0. The van der Waals surface area contributed by atoms with Gasteiger partial charge >= 0.3 is 0 Å². The molecule has 0 fully saturated rings. The molecule has 0 bridgehead atoms. The molecule has 0 radical (unpaired) electrons. The number of rotatable bonds is 3. The molecule has 1 atom stereocenters. The quantitative estimate of drug-likeness (QED) is 0.856. The lowest BCUT2D eigenvalue weighted by molar-refractivity contribution is 0.0940. The zero-order chi connectivity index (χ0) is 15.2. The molecule has 2 N–H and O–H groups in total. The highest BCUT2D eigenvalue weighted by Gasteiger charge is 2.12. The second-order valence-electron chi connectivity index (χ2n) is 4.77. The van der Waals surface area contributed by atoms with Gasteiger partial charge in [0.2, 0.25) is 0 Å². The molecule has 0 spiro atoms. The van der Waals surface area contributed by atoms with Crippen LogP contribution >= 0.6 is 11.3 Å². The summed E-state index contributed by atoms with van der Waals surface area (Å²) in [6, 6.07) is 9.80. The number of hydrogen-bond acceptors (Lipinski definition) is 3. The van der Waals surface area contributed by atoms with Crippen LogP contribution in [-0.4, -0.2) is 17.6 Å². The maximum atomic E-state index is 12.2. The predicted molar refractivity (Wildman–Crippen MR) is 85.3 cm³/mol. The van der Waals surface area contributed by atoms with E-state index in [0.717, 1.165) is 10.4 Å². The molecule has 0 saturated heterocycles. The van der Waals surface area contributed by atoms with Crippen molar-refractivity contribution in [1.29, 1.82) is 0 Å². The molecule has 0 aliphatic rings. The van der Waals surface area contributed by atoms with Crippen molar-refractivity contribution in [1.82, 2.24) is 5.32 Å². The topological polar surface area (TPSA) is 49.3 Å². The zero-order valence-electron chi connectivity index (χ0n) is 12.0. The van der Waals surface area contributed by atoms with Crippen LogP contribution in [-0.2, 0) is 0 Å². The molecule has 2 aromatic rings. The van der Waals surface area contributed by atoms with Crippen molar-refractivity contribution < 1.29 is 9.90 Å². The first kappa shape index (κ1) is 15.3. The number of carbonyl (C=O) groups excluding carboxylic acids is 1. The summed E-state index contributed by atoms with van der Waals surface area (Å²) in [5.74, 6) is 5.26. The van der Waals surface area contributed by atoms with Gasteiger partial charge in [0, 0.05) is 5.38 Å². The number of amides is 1. The predicted octanol–water partition coefficient (Wildman–Crippen LogP) is 2.89. The van der Waals surface area contributed by atoms with Gasteiger partial charge in [-0.3, -0.25) is 4.79 Å². The van der Waals surface area contributed by atoms with Gasteiger partial charge < -0.3 is 10.4 Å². The highest BCUT2D eigenvalue weighted by atomic mass is 32.1. The Morgan fingerprint density at radius 3 is 2.76 bits per heavy atom. The summed E-state index contributed by atoms with van der Waals surface area (Å²) >= 11 is 1.40. The average Bonchev–Trinajstić information content (AvgIpc) is 2.94. The summed E-state index contributed by atoms with van der Waals surface area (Å²) in [5, 5.41) is 13.4. The van der Waals surface area contributed by atoms with Crippen LogP contribution in [0.25, 0.3) is 0 Å². The van der Waals surface area contributed by atoms with Gasteiger partial charge in [0.25, 0.3) is 5.91 Å². The second-order valence-corrected chi connectivity index (χ2v) is 5.68.